The Morgan fingerprint density at radius 3 is 1.72 bits per heavy atom. The molecule has 0 aliphatic carbocycles. The van der Waals surface area contributed by atoms with Crippen molar-refractivity contribution in [2.75, 3.05) is 13.2 Å². The van der Waals surface area contributed by atoms with Gasteiger partial charge in [0.05, 0.1) is 13.2 Å². The summed E-state index contributed by atoms with van der Waals surface area (Å²) in [6, 6.07) is -0.670. The Hall–Kier alpha value is -1.26. The Morgan fingerprint density at radius 2 is 1.24 bits per heavy atom. The predicted octanol–water partition coefficient (Wildman–Crippen LogP) is 5.37. The zero-order chi connectivity index (χ0) is 18.8. The summed E-state index contributed by atoms with van der Waals surface area (Å²) >= 11 is 0. The standard InChI is InChI=1S/C20H39NO4/c1-4-6-7-8-9-10-11-12-13-14-15-16-17-25-19(22)18(3)21-20(23)24-5-2/h18H,4-17H2,1-3H3,(H,21,23). The van der Waals surface area contributed by atoms with Gasteiger partial charge in [-0.15, -0.1) is 0 Å². The highest BCUT2D eigenvalue weighted by Gasteiger charge is 2.17. The summed E-state index contributed by atoms with van der Waals surface area (Å²) in [5, 5.41) is 2.44. The number of nitrogens with one attached hydrogen (secondary N) is 1. The number of unbranched alkanes of at least 4 members (excludes halogenated alkanes) is 11. The molecule has 0 aromatic rings. The Balaban J connectivity index is 3.34. The number of rotatable bonds is 16. The van der Waals surface area contributed by atoms with Gasteiger partial charge >= 0.3 is 12.1 Å². The molecule has 0 rings (SSSR count). The number of amides is 1. The molecule has 1 unspecified atom stereocenters. The smallest absolute Gasteiger partial charge is 0.407 e. The Kier molecular flexibility index (Phi) is 16.7. The van der Waals surface area contributed by atoms with Gasteiger partial charge in [0.25, 0.3) is 0 Å². The van der Waals surface area contributed by atoms with Gasteiger partial charge in [-0.25, -0.2) is 9.59 Å². The van der Waals surface area contributed by atoms with Crippen LogP contribution in [0.4, 0.5) is 4.79 Å². The molecule has 0 aliphatic heterocycles. The average molecular weight is 358 g/mol. The number of hydrogen-bond donors (Lipinski definition) is 1. The first kappa shape index (κ1) is 23.7. The number of carbonyl (C=O) groups is 2. The van der Waals surface area contributed by atoms with Crippen LogP contribution >= 0.6 is 0 Å². The lowest BCUT2D eigenvalue weighted by molar-refractivity contribution is -0.145. The Morgan fingerprint density at radius 1 is 0.760 bits per heavy atom. The van der Waals surface area contributed by atoms with Crippen molar-refractivity contribution in [1.82, 2.24) is 5.32 Å². The van der Waals surface area contributed by atoms with Crippen LogP contribution in [0.1, 0.15) is 97.8 Å². The maximum absolute atomic E-state index is 11.7. The Bertz CT molecular complexity index is 334. The van der Waals surface area contributed by atoms with Crippen LogP contribution < -0.4 is 5.32 Å². The Labute approximate surface area is 154 Å². The normalized spacial score (nSPS) is 11.8. The van der Waals surface area contributed by atoms with E-state index in [1.165, 1.54) is 64.2 Å². The molecule has 0 bridgehead atoms. The molecule has 148 valence electrons. The summed E-state index contributed by atoms with van der Waals surface area (Å²) in [5.74, 6) is -0.406. The minimum atomic E-state index is -0.670. The van der Waals surface area contributed by atoms with Crippen molar-refractivity contribution in [3.05, 3.63) is 0 Å². The van der Waals surface area contributed by atoms with E-state index in [9.17, 15) is 9.59 Å². The van der Waals surface area contributed by atoms with Crippen LogP contribution in [0.2, 0.25) is 0 Å². The van der Waals surface area contributed by atoms with E-state index < -0.39 is 18.1 Å². The quantitative estimate of drug-likeness (QED) is 0.298. The summed E-state index contributed by atoms with van der Waals surface area (Å²) in [4.78, 5) is 22.9. The van der Waals surface area contributed by atoms with Gasteiger partial charge in [-0.3, -0.25) is 0 Å². The molecule has 0 fully saturated rings. The van der Waals surface area contributed by atoms with Crippen molar-refractivity contribution in [3.8, 4) is 0 Å². The van der Waals surface area contributed by atoms with E-state index in [1.807, 2.05) is 0 Å². The van der Waals surface area contributed by atoms with E-state index >= 15 is 0 Å². The largest absolute Gasteiger partial charge is 0.464 e. The first-order valence-electron chi connectivity index (χ1n) is 10.2. The summed E-state index contributed by atoms with van der Waals surface area (Å²) in [6.07, 6.45) is 14.7. The number of carbonyl (C=O) groups excluding carboxylic acids is 2. The molecule has 0 heterocycles. The van der Waals surface area contributed by atoms with Crippen LogP contribution in [0.15, 0.2) is 0 Å². The second-order valence-corrected chi connectivity index (χ2v) is 6.64. The number of hydrogen-bond acceptors (Lipinski definition) is 4. The fourth-order valence-corrected chi connectivity index (χ4v) is 2.65. The van der Waals surface area contributed by atoms with Crippen molar-refractivity contribution in [2.24, 2.45) is 0 Å². The SMILES string of the molecule is CCCCCCCCCCCCCCOC(=O)C(C)NC(=O)OCC. The van der Waals surface area contributed by atoms with Crippen LogP contribution in [-0.2, 0) is 14.3 Å². The van der Waals surface area contributed by atoms with Crippen molar-refractivity contribution in [1.29, 1.82) is 0 Å². The van der Waals surface area contributed by atoms with Crippen LogP contribution in [0.5, 0.6) is 0 Å². The summed E-state index contributed by atoms with van der Waals surface area (Å²) in [7, 11) is 0. The molecule has 25 heavy (non-hydrogen) atoms. The molecule has 0 saturated heterocycles. The van der Waals surface area contributed by atoms with Gasteiger partial charge in [0, 0.05) is 0 Å². The third-order valence-electron chi connectivity index (χ3n) is 4.21. The molecule has 1 amide bonds. The molecular formula is C20H39NO4. The summed E-state index contributed by atoms with van der Waals surface area (Å²) in [5.41, 5.74) is 0. The lowest BCUT2D eigenvalue weighted by Gasteiger charge is -2.13. The molecule has 0 radical (unpaired) electrons. The van der Waals surface area contributed by atoms with Crippen molar-refractivity contribution >= 4 is 12.1 Å². The van der Waals surface area contributed by atoms with Crippen LogP contribution in [0, 0.1) is 0 Å². The number of ether oxygens (including phenoxy) is 2. The van der Waals surface area contributed by atoms with E-state index in [0.717, 1.165) is 12.8 Å². The minimum Gasteiger partial charge on any atom is -0.464 e. The molecule has 0 spiro atoms. The van der Waals surface area contributed by atoms with E-state index in [2.05, 4.69) is 12.2 Å². The molecule has 0 saturated carbocycles. The lowest BCUT2D eigenvalue weighted by atomic mass is 10.1. The van der Waals surface area contributed by atoms with Crippen LogP contribution in [0.25, 0.3) is 0 Å². The molecule has 1 N–H and O–H groups in total. The first-order chi connectivity index (χ1) is 12.1. The first-order valence-corrected chi connectivity index (χ1v) is 10.2. The molecular weight excluding hydrogens is 318 g/mol. The van der Waals surface area contributed by atoms with Gasteiger partial charge in [0.2, 0.25) is 0 Å². The fourth-order valence-electron chi connectivity index (χ4n) is 2.65. The second kappa shape index (κ2) is 17.6. The van der Waals surface area contributed by atoms with Gasteiger partial charge in [-0.2, -0.15) is 0 Å². The molecule has 5 nitrogen and oxygen atoms in total. The van der Waals surface area contributed by atoms with E-state index in [4.69, 9.17) is 9.47 Å². The molecule has 0 aliphatic rings. The third kappa shape index (κ3) is 16.0. The maximum Gasteiger partial charge on any atom is 0.407 e. The summed E-state index contributed by atoms with van der Waals surface area (Å²) < 4.78 is 9.89. The maximum atomic E-state index is 11.7. The van der Waals surface area contributed by atoms with E-state index in [0.29, 0.717) is 6.61 Å². The topological polar surface area (TPSA) is 64.6 Å². The molecule has 1 atom stereocenters. The zero-order valence-electron chi connectivity index (χ0n) is 16.6. The van der Waals surface area contributed by atoms with Crippen LogP contribution in [0.3, 0.4) is 0 Å². The van der Waals surface area contributed by atoms with Gasteiger partial charge in [-0.1, -0.05) is 77.6 Å². The third-order valence-corrected chi connectivity index (χ3v) is 4.21. The van der Waals surface area contributed by atoms with Crippen molar-refractivity contribution in [2.45, 2.75) is 104 Å². The molecule has 0 aromatic carbocycles. The second-order valence-electron chi connectivity index (χ2n) is 6.64. The van der Waals surface area contributed by atoms with Gasteiger partial charge in [0.1, 0.15) is 6.04 Å². The van der Waals surface area contributed by atoms with Crippen molar-refractivity contribution < 1.29 is 19.1 Å². The predicted molar refractivity (Wildman–Crippen MR) is 102 cm³/mol. The van der Waals surface area contributed by atoms with Gasteiger partial charge in [-0.05, 0) is 20.3 Å². The monoisotopic (exact) mass is 357 g/mol. The highest BCUT2D eigenvalue weighted by molar-refractivity contribution is 5.80. The summed E-state index contributed by atoms with van der Waals surface area (Å²) in [6.45, 7) is 6.27. The highest BCUT2D eigenvalue weighted by atomic mass is 16.6. The molecule has 0 aromatic heterocycles. The van der Waals surface area contributed by atoms with Gasteiger partial charge < -0.3 is 14.8 Å². The number of alkyl carbamates (subject to hydrolysis) is 1. The van der Waals surface area contributed by atoms with Gasteiger partial charge in [0.15, 0.2) is 0 Å². The lowest BCUT2D eigenvalue weighted by Crippen LogP contribution is -2.39. The van der Waals surface area contributed by atoms with Crippen molar-refractivity contribution in [3.63, 3.8) is 0 Å². The average Bonchev–Trinajstić information content (AvgIpc) is 2.58. The van der Waals surface area contributed by atoms with E-state index in [1.54, 1.807) is 13.8 Å². The zero-order valence-corrected chi connectivity index (χ0v) is 16.6. The van der Waals surface area contributed by atoms with E-state index in [-0.39, 0.29) is 6.61 Å². The fraction of sp³-hybridized carbons (Fsp3) is 0.900. The minimum absolute atomic E-state index is 0.284. The highest BCUT2D eigenvalue weighted by Crippen LogP contribution is 2.11. The van der Waals surface area contributed by atoms with Crippen LogP contribution in [-0.4, -0.2) is 31.3 Å². The molecule has 5 heteroatoms. The number of esters is 1.